The summed E-state index contributed by atoms with van der Waals surface area (Å²) in [6.07, 6.45) is -2.19. The smallest absolute Gasteiger partial charge is 0.366 e. The van der Waals surface area contributed by atoms with Gasteiger partial charge in [-0.3, -0.25) is 9.36 Å². The fraction of sp³-hybridized carbons (Fsp3) is 0.609. The van der Waals surface area contributed by atoms with E-state index < -0.39 is 41.5 Å². The predicted octanol–water partition coefficient (Wildman–Crippen LogP) is 6.56. The highest BCUT2D eigenvalue weighted by atomic mass is 19.3. The topological polar surface area (TPSA) is 31.2 Å². The molecule has 0 aliphatic heterocycles. The van der Waals surface area contributed by atoms with E-state index in [1.165, 1.54) is 24.3 Å². The molecular weight excluding hydrogens is 417 g/mol. The Hall–Kier alpha value is -2.12. The highest BCUT2D eigenvalue weighted by Crippen LogP contribution is 2.68. The maximum Gasteiger partial charge on any atom is 0.366 e. The van der Waals surface area contributed by atoms with Crippen LogP contribution in [-0.4, -0.2) is 29.2 Å². The number of alkyl halides is 5. The van der Waals surface area contributed by atoms with Crippen LogP contribution in [0.1, 0.15) is 47.5 Å². The summed E-state index contributed by atoms with van der Waals surface area (Å²) < 4.78 is 77.8. The van der Waals surface area contributed by atoms with E-state index in [1.54, 1.807) is 6.07 Å². The molecule has 2 atom stereocenters. The zero-order chi connectivity index (χ0) is 23.5. The summed E-state index contributed by atoms with van der Waals surface area (Å²) in [5, 5.41) is 0.365. The summed E-state index contributed by atoms with van der Waals surface area (Å²) in [6, 6.07) is 2.61. The number of halogens is 5. The zero-order valence-electron chi connectivity index (χ0n) is 18.3. The van der Waals surface area contributed by atoms with Crippen molar-refractivity contribution in [3.63, 3.8) is 0 Å². The summed E-state index contributed by atoms with van der Waals surface area (Å²) in [5.41, 5.74) is -1.80. The van der Waals surface area contributed by atoms with Gasteiger partial charge in [-0.1, -0.05) is 52.8 Å². The van der Waals surface area contributed by atoms with Gasteiger partial charge >= 0.3 is 17.9 Å². The second-order valence-corrected chi connectivity index (χ2v) is 10.4. The van der Waals surface area contributed by atoms with Crippen molar-refractivity contribution in [2.24, 2.45) is 16.2 Å². The van der Waals surface area contributed by atoms with Crippen molar-refractivity contribution in [3.8, 4) is 0 Å². The van der Waals surface area contributed by atoms with Crippen molar-refractivity contribution in [2.45, 2.75) is 65.6 Å². The van der Waals surface area contributed by atoms with Crippen molar-refractivity contribution in [3.05, 3.63) is 36.5 Å². The van der Waals surface area contributed by atoms with Crippen molar-refractivity contribution in [1.82, 2.24) is 4.57 Å². The number of para-hydroxylation sites is 1. The lowest BCUT2D eigenvalue weighted by Gasteiger charge is -2.30. The van der Waals surface area contributed by atoms with Crippen LogP contribution in [-0.2, 0) is 15.6 Å². The molecular formula is C23H28F5NO2. The third-order valence-corrected chi connectivity index (χ3v) is 6.13. The van der Waals surface area contributed by atoms with Gasteiger partial charge in [-0.15, -0.1) is 0 Å². The molecule has 0 bridgehead atoms. The minimum atomic E-state index is -4.58. The molecule has 1 aliphatic carbocycles. The van der Waals surface area contributed by atoms with Crippen molar-refractivity contribution >= 4 is 16.9 Å². The average molecular weight is 445 g/mol. The minimum Gasteiger partial charge on any atom is -0.459 e. The molecule has 0 saturated heterocycles. The van der Waals surface area contributed by atoms with E-state index in [0.29, 0.717) is 18.2 Å². The van der Waals surface area contributed by atoms with E-state index in [9.17, 15) is 26.7 Å². The lowest BCUT2D eigenvalue weighted by atomic mass is 9.79. The minimum absolute atomic E-state index is 0.0770. The fourth-order valence-electron chi connectivity index (χ4n) is 4.43. The van der Waals surface area contributed by atoms with Crippen LogP contribution in [0, 0.1) is 16.2 Å². The first kappa shape index (κ1) is 23.5. The lowest BCUT2D eigenvalue weighted by Crippen LogP contribution is -2.49. The molecule has 3 rings (SSSR count). The van der Waals surface area contributed by atoms with Crippen LogP contribution >= 0.6 is 0 Å². The lowest BCUT2D eigenvalue weighted by molar-refractivity contribution is -0.236. The molecule has 1 aliphatic rings. The summed E-state index contributed by atoms with van der Waals surface area (Å²) in [4.78, 5) is 12.7. The van der Waals surface area contributed by atoms with Crippen LogP contribution in [0.15, 0.2) is 36.5 Å². The molecule has 1 saturated carbocycles. The van der Waals surface area contributed by atoms with Gasteiger partial charge in [0.05, 0.1) is 10.9 Å². The fourth-order valence-corrected chi connectivity index (χ4v) is 4.43. The second-order valence-electron chi connectivity index (χ2n) is 10.4. The third-order valence-electron chi connectivity index (χ3n) is 6.13. The molecule has 0 spiro atoms. The number of aromatic nitrogens is 1. The monoisotopic (exact) mass is 445 g/mol. The van der Waals surface area contributed by atoms with Gasteiger partial charge in [-0.25, -0.2) is 4.39 Å². The normalized spacial score (nSPS) is 22.4. The van der Waals surface area contributed by atoms with Crippen molar-refractivity contribution in [2.75, 3.05) is 6.61 Å². The van der Waals surface area contributed by atoms with Gasteiger partial charge in [0, 0.05) is 6.20 Å². The Kier molecular flexibility index (Phi) is 5.47. The highest BCUT2D eigenvalue weighted by molar-refractivity contribution is 5.82. The molecule has 1 aromatic carbocycles. The SMILES string of the molecule is CC(C)(C)CC1(C(=O)OCC(F)(F)C(F)C(F)(F)n2ccc3ccccc32)CC1(C)C. The van der Waals surface area contributed by atoms with E-state index in [0.717, 1.165) is 6.20 Å². The average Bonchev–Trinajstić information content (AvgIpc) is 3.01. The molecule has 1 aromatic heterocycles. The van der Waals surface area contributed by atoms with Crippen LogP contribution in [0.4, 0.5) is 22.0 Å². The number of hydrogen-bond donors (Lipinski definition) is 0. The van der Waals surface area contributed by atoms with E-state index >= 15 is 0 Å². The maximum atomic E-state index is 14.7. The summed E-state index contributed by atoms with van der Waals surface area (Å²) in [7, 11) is 0. The van der Waals surface area contributed by atoms with Gasteiger partial charge in [-0.05, 0) is 41.2 Å². The van der Waals surface area contributed by atoms with Crippen molar-refractivity contribution in [1.29, 1.82) is 0 Å². The second kappa shape index (κ2) is 7.20. The summed E-state index contributed by atoms with van der Waals surface area (Å²) in [6.45, 7) is 7.62. The van der Waals surface area contributed by atoms with E-state index in [1.807, 2.05) is 34.6 Å². The molecule has 2 unspecified atom stereocenters. The van der Waals surface area contributed by atoms with Crippen LogP contribution in [0.2, 0.25) is 0 Å². The molecule has 0 N–H and O–H groups in total. The number of ether oxygens (including phenoxy) is 1. The van der Waals surface area contributed by atoms with Crippen molar-refractivity contribution < 1.29 is 31.5 Å². The number of carbonyl (C=O) groups is 1. The highest BCUT2D eigenvalue weighted by Gasteiger charge is 2.68. The Bertz CT molecular complexity index is 976. The van der Waals surface area contributed by atoms with Crippen LogP contribution < -0.4 is 0 Å². The first-order valence-electron chi connectivity index (χ1n) is 10.2. The van der Waals surface area contributed by atoms with E-state index in [-0.39, 0.29) is 15.5 Å². The molecule has 8 heteroatoms. The van der Waals surface area contributed by atoms with E-state index in [2.05, 4.69) is 0 Å². The summed E-state index contributed by atoms with van der Waals surface area (Å²) in [5.74, 6) is -5.47. The Morgan fingerprint density at radius 3 is 2.26 bits per heavy atom. The quantitative estimate of drug-likeness (QED) is 0.357. The number of rotatable bonds is 7. The van der Waals surface area contributed by atoms with Crippen LogP contribution in [0.3, 0.4) is 0 Å². The van der Waals surface area contributed by atoms with Gasteiger partial charge < -0.3 is 4.74 Å². The first-order chi connectivity index (χ1) is 14.0. The van der Waals surface area contributed by atoms with Crippen LogP contribution in [0.25, 0.3) is 10.9 Å². The molecule has 0 radical (unpaired) electrons. The molecule has 3 nitrogen and oxygen atoms in total. The maximum absolute atomic E-state index is 14.7. The number of nitrogens with zero attached hydrogens (tertiary/aromatic N) is 1. The first-order valence-corrected chi connectivity index (χ1v) is 10.2. The number of carbonyl (C=O) groups excluding carboxylic acids is 1. The molecule has 1 fully saturated rings. The van der Waals surface area contributed by atoms with E-state index in [4.69, 9.17) is 4.74 Å². The number of fused-ring (bicyclic) bond motifs is 1. The van der Waals surface area contributed by atoms with Gasteiger partial charge in [0.25, 0.3) is 6.17 Å². The standard InChI is InChI=1S/C23H28F5NO2/c1-19(2,3)12-21(13-20(21,4)5)18(30)31-14-22(25,26)17(24)23(27,28)29-11-10-15-8-6-7-9-16(15)29/h6-11,17H,12-14H2,1-5H3. The third kappa shape index (κ3) is 4.17. The van der Waals surface area contributed by atoms with Gasteiger partial charge in [0.2, 0.25) is 0 Å². The Balaban J connectivity index is 1.76. The van der Waals surface area contributed by atoms with Gasteiger partial charge in [0.15, 0.2) is 6.61 Å². The molecule has 0 amide bonds. The zero-order valence-corrected chi connectivity index (χ0v) is 18.3. The molecule has 1 heterocycles. The summed E-state index contributed by atoms with van der Waals surface area (Å²) >= 11 is 0. The van der Waals surface area contributed by atoms with Gasteiger partial charge in [0.1, 0.15) is 0 Å². The largest absolute Gasteiger partial charge is 0.459 e. The predicted molar refractivity (Wildman–Crippen MR) is 108 cm³/mol. The van der Waals surface area contributed by atoms with Gasteiger partial charge in [-0.2, -0.15) is 17.6 Å². The number of hydrogen-bond acceptors (Lipinski definition) is 2. The molecule has 31 heavy (non-hydrogen) atoms. The van der Waals surface area contributed by atoms with Crippen LogP contribution in [0.5, 0.6) is 0 Å². The molecule has 172 valence electrons. The molecule has 2 aromatic rings. The Morgan fingerprint density at radius 2 is 1.71 bits per heavy atom. The Labute approximate surface area is 178 Å². The number of benzene rings is 1. The Morgan fingerprint density at radius 1 is 1.13 bits per heavy atom. The number of esters is 1.